The summed E-state index contributed by atoms with van der Waals surface area (Å²) in [7, 11) is 0. The Morgan fingerprint density at radius 2 is 1.10 bits per heavy atom. The highest BCUT2D eigenvalue weighted by Gasteiger charge is 2.18. The zero-order valence-corrected chi connectivity index (χ0v) is 33.1. The van der Waals surface area contributed by atoms with Gasteiger partial charge in [-0.15, -0.1) is 0 Å². The topological polar surface area (TPSA) is 142 Å². The molecule has 0 bridgehead atoms. The van der Waals surface area contributed by atoms with Crippen molar-refractivity contribution in [2.75, 3.05) is 13.2 Å². The Morgan fingerprint density at radius 1 is 0.596 bits per heavy atom. The number of rotatable bonds is 37. The summed E-state index contributed by atoms with van der Waals surface area (Å²) in [6.45, 7) is 3.39. The van der Waals surface area contributed by atoms with Crippen LogP contribution >= 0.6 is 0 Å². The highest BCUT2D eigenvalue weighted by Crippen LogP contribution is 2.15. The lowest BCUT2D eigenvalue weighted by Gasteiger charge is -2.15. The van der Waals surface area contributed by atoms with Crippen LogP contribution in [0.3, 0.4) is 0 Å². The molecule has 52 heavy (non-hydrogen) atoms. The summed E-state index contributed by atoms with van der Waals surface area (Å²) in [5, 5.41) is 22.5. The highest BCUT2D eigenvalue weighted by molar-refractivity contribution is 5.87. The molecule has 0 aliphatic rings. The molecule has 9 nitrogen and oxygen atoms in total. The third-order valence-electron chi connectivity index (χ3n) is 9.09. The summed E-state index contributed by atoms with van der Waals surface area (Å²) < 4.78 is 5.88. The van der Waals surface area contributed by atoms with Crippen molar-refractivity contribution < 1.29 is 34.1 Å². The van der Waals surface area contributed by atoms with Gasteiger partial charge in [0, 0.05) is 12.8 Å². The number of aliphatic hydroxyl groups excluding tert-OH is 1. The highest BCUT2D eigenvalue weighted by atomic mass is 16.5. The number of allylic oxidation sites excluding steroid dienone is 5. The minimum atomic E-state index is -1.39. The second kappa shape index (κ2) is 37.8. The molecule has 0 rings (SSSR count). The number of nitrogens with one attached hydrogen (secondary N) is 2. The number of carboxylic acid groups (broad SMARTS) is 1. The summed E-state index contributed by atoms with van der Waals surface area (Å²) in [5.74, 6) is -2.40. The summed E-state index contributed by atoms with van der Waals surface area (Å²) >= 11 is 0. The molecule has 2 amide bonds. The molecular formula is C43H76N2O7. The van der Waals surface area contributed by atoms with Crippen molar-refractivity contribution in [3.63, 3.8) is 0 Å². The van der Waals surface area contributed by atoms with Gasteiger partial charge in [-0.05, 0) is 76.7 Å². The van der Waals surface area contributed by atoms with Crippen LogP contribution in [0, 0.1) is 0 Å². The van der Waals surface area contributed by atoms with E-state index >= 15 is 0 Å². The molecule has 0 radical (unpaired) electrons. The van der Waals surface area contributed by atoms with Crippen LogP contribution in [0.15, 0.2) is 36.5 Å². The van der Waals surface area contributed by atoms with Crippen LogP contribution in [0.1, 0.15) is 187 Å². The minimum absolute atomic E-state index is 0.118. The molecule has 0 aromatic heterocycles. The largest absolute Gasteiger partial charge is 0.480 e. The SMILES string of the molecule is CCCCC/C=C\C/C=C\CCCCCCCCCCCC(=O)OC(/C=C\CCCCCC)CCCCCCC(=O)NCC(=O)NC(CO)C(=O)O. The maximum absolute atomic E-state index is 12.7. The molecule has 0 saturated heterocycles. The van der Waals surface area contributed by atoms with Crippen molar-refractivity contribution in [1.29, 1.82) is 0 Å². The molecule has 300 valence electrons. The monoisotopic (exact) mass is 733 g/mol. The van der Waals surface area contributed by atoms with Crippen molar-refractivity contribution in [3.05, 3.63) is 36.5 Å². The van der Waals surface area contributed by atoms with E-state index in [9.17, 15) is 19.2 Å². The molecule has 4 N–H and O–H groups in total. The number of unbranched alkanes of at least 4 members (excludes halogenated alkanes) is 19. The van der Waals surface area contributed by atoms with Crippen LogP contribution in [0.5, 0.6) is 0 Å². The summed E-state index contributed by atoms with van der Waals surface area (Å²) in [6, 6.07) is -1.39. The predicted molar refractivity (Wildman–Crippen MR) is 213 cm³/mol. The number of esters is 1. The van der Waals surface area contributed by atoms with Gasteiger partial charge in [0.05, 0.1) is 13.2 Å². The Kier molecular flexibility index (Phi) is 35.7. The molecule has 0 aromatic rings. The number of hydrogen-bond donors (Lipinski definition) is 4. The van der Waals surface area contributed by atoms with Crippen LogP contribution in [0.2, 0.25) is 0 Å². The van der Waals surface area contributed by atoms with Gasteiger partial charge in [-0.1, -0.05) is 134 Å². The molecule has 0 aliphatic carbocycles. The molecule has 2 atom stereocenters. The first kappa shape index (κ1) is 49.1. The zero-order valence-electron chi connectivity index (χ0n) is 33.1. The fourth-order valence-electron chi connectivity index (χ4n) is 5.83. The first-order valence-electron chi connectivity index (χ1n) is 20.9. The van der Waals surface area contributed by atoms with Gasteiger partial charge in [0.1, 0.15) is 12.1 Å². The minimum Gasteiger partial charge on any atom is -0.480 e. The number of hydrogen-bond acceptors (Lipinski definition) is 6. The lowest BCUT2D eigenvalue weighted by Crippen LogP contribution is -2.47. The Bertz CT molecular complexity index is 979. The van der Waals surface area contributed by atoms with Gasteiger partial charge in [-0.2, -0.15) is 0 Å². The van der Waals surface area contributed by atoms with Crippen LogP contribution in [0.25, 0.3) is 0 Å². The van der Waals surface area contributed by atoms with Gasteiger partial charge in [0.15, 0.2) is 0 Å². The number of ether oxygens (including phenoxy) is 1. The lowest BCUT2D eigenvalue weighted by molar-refractivity contribution is -0.147. The van der Waals surface area contributed by atoms with Crippen LogP contribution in [0.4, 0.5) is 0 Å². The van der Waals surface area contributed by atoms with E-state index in [0.717, 1.165) is 57.8 Å². The second-order valence-corrected chi connectivity index (χ2v) is 14.1. The Morgan fingerprint density at radius 3 is 1.69 bits per heavy atom. The summed E-state index contributed by atoms with van der Waals surface area (Å²) in [5.41, 5.74) is 0. The van der Waals surface area contributed by atoms with E-state index in [0.29, 0.717) is 12.8 Å². The molecule has 0 spiro atoms. The standard InChI is InChI=1S/C43H76N2O7/c1-3-5-7-9-11-12-13-14-15-16-17-18-19-20-21-22-23-25-31-35-42(49)52-38(32-28-24-10-8-6-4-2)33-29-26-27-30-34-40(47)44-36-41(48)45-39(37-46)43(50)51/h11-12,14-15,28,32,38-39,46H,3-10,13,16-27,29-31,33-37H2,1-2H3,(H,44,47)(H,45,48)(H,50,51)/b12-11-,15-14-,32-28-. The van der Waals surface area contributed by atoms with Crippen molar-refractivity contribution in [1.82, 2.24) is 10.6 Å². The van der Waals surface area contributed by atoms with Crippen LogP contribution in [-0.4, -0.2) is 59.3 Å². The quantitative estimate of drug-likeness (QED) is 0.0283. The number of carbonyl (C=O) groups is 4. The van der Waals surface area contributed by atoms with Gasteiger partial charge >= 0.3 is 11.9 Å². The first-order chi connectivity index (χ1) is 25.3. The van der Waals surface area contributed by atoms with E-state index in [-0.39, 0.29) is 30.9 Å². The maximum Gasteiger partial charge on any atom is 0.328 e. The second-order valence-electron chi connectivity index (χ2n) is 14.1. The number of aliphatic hydroxyl groups is 1. The Hall–Kier alpha value is -2.94. The maximum atomic E-state index is 12.7. The molecule has 9 heteroatoms. The number of carboxylic acids is 1. The Balaban J connectivity index is 4.12. The van der Waals surface area contributed by atoms with Gasteiger partial charge in [0.2, 0.25) is 11.8 Å². The van der Waals surface area contributed by atoms with E-state index in [1.165, 1.54) is 96.3 Å². The molecule has 2 unspecified atom stereocenters. The van der Waals surface area contributed by atoms with Crippen LogP contribution in [-0.2, 0) is 23.9 Å². The smallest absolute Gasteiger partial charge is 0.328 e. The van der Waals surface area contributed by atoms with E-state index in [1.54, 1.807) is 0 Å². The normalized spacial score (nSPS) is 12.8. The van der Waals surface area contributed by atoms with Crippen molar-refractivity contribution in [3.8, 4) is 0 Å². The number of amides is 2. The molecule has 0 aromatic carbocycles. The van der Waals surface area contributed by atoms with Crippen molar-refractivity contribution in [2.24, 2.45) is 0 Å². The lowest BCUT2D eigenvalue weighted by atomic mass is 10.1. The van der Waals surface area contributed by atoms with Crippen molar-refractivity contribution >= 4 is 23.8 Å². The van der Waals surface area contributed by atoms with Gasteiger partial charge < -0.3 is 25.6 Å². The fraction of sp³-hybridized carbons (Fsp3) is 0.767. The van der Waals surface area contributed by atoms with E-state index < -0.39 is 24.5 Å². The fourth-order valence-corrected chi connectivity index (χ4v) is 5.83. The summed E-state index contributed by atoms with van der Waals surface area (Å²) in [4.78, 5) is 47.4. The zero-order chi connectivity index (χ0) is 38.3. The van der Waals surface area contributed by atoms with E-state index in [4.69, 9.17) is 14.9 Å². The molecule has 0 heterocycles. The van der Waals surface area contributed by atoms with E-state index in [2.05, 4.69) is 60.9 Å². The van der Waals surface area contributed by atoms with E-state index in [1.807, 2.05) is 0 Å². The third-order valence-corrected chi connectivity index (χ3v) is 9.09. The molecule has 0 fully saturated rings. The van der Waals surface area contributed by atoms with Gasteiger partial charge in [-0.25, -0.2) is 4.79 Å². The predicted octanol–water partition coefficient (Wildman–Crippen LogP) is 9.82. The number of aliphatic carboxylic acids is 1. The molecular weight excluding hydrogens is 656 g/mol. The van der Waals surface area contributed by atoms with Gasteiger partial charge in [-0.3, -0.25) is 14.4 Å². The summed E-state index contributed by atoms with van der Waals surface area (Å²) in [6.07, 6.45) is 42.0. The molecule has 0 aliphatic heterocycles. The first-order valence-corrected chi connectivity index (χ1v) is 20.9. The average Bonchev–Trinajstić information content (AvgIpc) is 3.13. The van der Waals surface area contributed by atoms with Crippen LogP contribution < -0.4 is 10.6 Å². The molecule has 0 saturated carbocycles. The average molecular weight is 733 g/mol. The third kappa shape index (κ3) is 34.2. The van der Waals surface area contributed by atoms with Gasteiger partial charge in [0.25, 0.3) is 0 Å². The Labute approximate surface area is 316 Å². The number of carbonyl (C=O) groups excluding carboxylic acids is 3. The van der Waals surface area contributed by atoms with Crippen molar-refractivity contribution in [2.45, 2.75) is 199 Å².